The number of hydrogen-bond donors (Lipinski definition) is 2. The molecule has 1 atom stereocenters. The van der Waals surface area contributed by atoms with Crippen LogP contribution in [0, 0.1) is 11.2 Å². The highest BCUT2D eigenvalue weighted by atomic mass is 19.4. The Labute approximate surface area is 175 Å². The Kier molecular flexibility index (Phi) is 8.51. The van der Waals surface area contributed by atoms with Crippen LogP contribution in [-0.4, -0.2) is 79.2 Å². The molecule has 0 aromatic carbocycles. The summed E-state index contributed by atoms with van der Waals surface area (Å²) in [6.07, 6.45) is 0.0386. The first-order valence-electron chi connectivity index (χ1n) is 9.46. The molecule has 1 amide bonds. The third kappa shape index (κ3) is 6.99. The number of ether oxygens (including phenoxy) is 2. The van der Waals surface area contributed by atoms with Crippen molar-refractivity contribution >= 4 is 17.8 Å². The van der Waals surface area contributed by atoms with Crippen molar-refractivity contribution in [2.45, 2.75) is 31.5 Å². The van der Waals surface area contributed by atoms with Crippen molar-refractivity contribution in [3.63, 3.8) is 0 Å². The fourth-order valence-corrected chi connectivity index (χ4v) is 3.61. The van der Waals surface area contributed by atoms with Gasteiger partial charge in [0.05, 0.1) is 25.0 Å². The summed E-state index contributed by atoms with van der Waals surface area (Å²) in [7, 11) is 1.51. The van der Waals surface area contributed by atoms with Crippen LogP contribution in [0.2, 0.25) is 0 Å². The zero-order chi connectivity index (χ0) is 23.1. The van der Waals surface area contributed by atoms with Gasteiger partial charge in [-0.3, -0.25) is 4.79 Å². The van der Waals surface area contributed by atoms with Crippen LogP contribution in [0.1, 0.15) is 19.3 Å². The molecule has 1 unspecified atom stereocenters. The molecule has 2 fully saturated rings. The number of methoxy groups -OCH3 is 1. The number of piperidine rings is 1. The van der Waals surface area contributed by atoms with Crippen molar-refractivity contribution in [1.82, 2.24) is 15.3 Å². The SMILES string of the molecule is COCC(=O)NC1COCCC12CCN(c1ncc(F)cn1)CC2.O=C(O)C(F)(F)F. The Morgan fingerprint density at radius 2 is 1.87 bits per heavy atom. The van der Waals surface area contributed by atoms with E-state index in [0.717, 1.165) is 32.4 Å². The maximum atomic E-state index is 13.0. The molecule has 0 saturated carbocycles. The lowest BCUT2D eigenvalue weighted by Gasteiger charge is -2.49. The van der Waals surface area contributed by atoms with Crippen molar-refractivity contribution in [3.8, 4) is 0 Å². The van der Waals surface area contributed by atoms with E-state index in [1.165, 1.54) is 19.5 Å². The number of carbonyl (C=O) groups is 2. The summed E-state index contributed by atoms with van der Waals surface area (Å²) in [5.41, 5.74) is 0.0260. The van der Waals surface area contributed by atoms with Crippen molar-refractivity contribution in [1.29, 1.82) is 0 Å². The first-order chi connectivity index (χ1) is 14.6. The fraction of sp³-hybridized carbons (Fsp3) is 0.667. The first-order valence-corrected chi connectivity index (χ1v) is 9.46. The maximum absolute atomic E-state index is 13.0. The maximum Gasteiger partial charge on any atom is 0.490 e. The standard InChI is InChI=1S/C16H23FN4O3.C2HF3O2/c1-23-11-14(22)20-13-10-24-7-4-16(13)2-5-21(6-3-16)15-18-8-12(17)9-19-15;3-2(4,5)1(6)7/h8-9,13H,2-7,10-11H2,1H3,(H,20,22);(H,6,7). The average Bonchev–Trinajstić information content (AvgIpc) is 2.71. The van der Waals surface area contributed by atoms with Crippen molar-refractivity contribution < 1.29 is 41.7 Å². The van der Waals surface area contributed by atoms with Crippen LogP contribution < -0.4 is 10.2 Å². The Morgan fingerprint density at radius 1 is 1.29 bits per heavy atom. The van der Waals surface area contributed by atoms with Crippen LogP contribution in [0.15, 0.2) is 12.4 Å². The number of carbonyl (C=O) groups excluding carboxylic acids is 1. The minimum Gasteiger partial charge on any atom is -0.475 e. The number of amides is 1. The summed E-state index contributed by atoms with van der Waals surface area (Å²) in [5, 5.41) is 10.2. The van der Waals surface area contributed by atoms with E-state index in [0.29, 0.717) is 19.2 Å². The number of alkyl halides is 3. The highest BCUT2D eigenvalue weighted by molar-refractivity contribution is 5.77. The smallest absolute Gasteiger partial charge is 0.475 e. The van der Waals surface area contributed by atoms with Crippen molar-refractivity contribution in [3.05, 3.63) is 18.2 Å². The molecule has 9 nitrogen and oxygen atoms in total. The van der Waals surface area contributed by atoms with Gasteiger partial charge in [-0.05, 0) is 24.7 Å². The van der Waals surface area contributed by atoms with Gasteiger partial charge in [-0.1, -0.05) is 0 Å². The molecular formula is C18H24F4N4O5. The van der Waals surface area contributed by atoms with Gasteiger partial charge in [0.25, 0.3) is 0 Å². The molecule has 2 aliphatic heterocycles. The summed E-state index contributed by atoms with van der Waals surface area (Å²) in [6.45, 7) is 2.86. The van der Waals surface area contributed by atoms with Crippen LogP contribution in [0.4, 0.5) is 23.5 Å². The number of nitrogens with one attached hydrogen (secondary N) is 1. The number of carboxylic acids is 1. The lowest BCUT2D eigenvalue weighted by molar-refractivity contribution is -0.192. The summed E-state index contributed by atoms with van der Waals surface area (Å²) >= 11 is 0. The van der Waals surface area contributed by atoms with E-state index in [9.17, 15) is 22.4 Å². The minimum atomic E-state index is -5.08. The number of nitrogens with zero attached hydrogens (tertiary/aromatic N) is 3. The number of anilines is 1. The van der Waals surface area contributed by atoms with E-state index in [4.69, 9.17) is 19.4 Å². The van der Waals surface area contributed by atoms with E-state index < -0.39 is 18.0 Å². The molecule has 3 rings (SSSR count). The molecule has 0 aliphatic carbocycles. The normalized spacial score (nSPS) is 20.5. The number of aliphatic carboxylic acids is 1. The summed E-state index contributed by atoms with van der Waals surface area (Å²) in [5.74, 6) is -2.75. The minimum absolute atomic E-state index is 0.00909. The van der Waals surface area contributed by atoms with E-state index in [-0.39, 0.29) is 24.0 Å². The molecule has 1 aromatic rings. The van der Waals surface area contributed by atoms with E-state index in [1.807, 2.05) is 0 Å². The molecule has 3 heterocycles. The van der Waals surface area contributed by atoms with E-state index in [2.05, 4.69) is 20.2 Å². The van der Waals surface area contributed by atoms with Crippen molar-refractivity contribution in [2.75, 3.05) is 44.9 Å². The Balaban J connectivity index is 0.000000423. The second-order valence-corrected chi connectivity index (χ2v) is 7.23. The quantitative estimate of drug-likeness (QED) is 0.659. The Morgan fingerprint density at radius 3 is 2.39 bits per heavy atom. The van der Waals surface area contributed by atoms with E-state index >= 15 is 0 Å². The summed E-state index contributed by atoms with van der Waals surface area (Å²) < 4.78 is 55.2. The predicted molar refractivity (Wildman–Crippen MR) is 98.8 cm³/mol. The molecule has 13 heteroatoms. The van der Waals surface area contributed by atoms with Crippen LogP contribution in [-0.2, 0) is 19.1 Å². The van der Waals surface area contributed by atoms with Gasteiger partial charge in [-0.25, -0.2) is 19.2 Å². The number of halogens is 4. The highest BCUT2D eigenvalue weighted by Gasteiger charge is 2.44. The molecule has 0 bridgehead atoms. The Bertz CT molecular complexity index is 739. The molecule has 2 saturated heterocycles. The molecule has 31 heavy (non-hydrogen) atoms. The van der Waals surface area contributed by atoms with Crippen LogP contribution >= 0.6 is 0 Å². The van der Waals surface area contributed by atoms with Gasteiger partial charge in [-0.2, -0.15) is 13.2 Å². The molecule has 1 aromatic heterocycles. The zero-order valence-electron chi connectivity index (χ0n) is 16.8. The zero-order valence-corrected chi connectivity index (χ0v) is 16.8. The van der Waals surface area contributed by atoms with Gasteiger partial charge in [0.1, 0.15) is 6.61 Å². The summed E-state index contributed by atoms with van der Waals surface area (Å²) in [6, 6.07) is -0.00909. The molecule has 0 radical (unpaired) electrons. The second kappa shape index (κ2) is 10.7. The molecule has 1 spiro atoms. The van der Waals surface area contributed by atoms with E-state index in [1.54, 1.807) is 0 Å². The molecule has 2 N–H and O–H groups in total. The second-order valence-electron chi connectivity index (χ2n) is 7.23. The first kappa shape index (κ1) is 24.7. The number of rotatable bonds is 4. The third-order valence-electron chi connectivity index (χ3n) is 5.27. The highest BCUT2D eigenvalue weighted by Crippen LogP contribution is 2.41. The topological polar surface area (TPSA) is 114 Å². The fourth-order valence-electron chi connectivity index (χ4n) is 3.61. The third-order valence-corrected chi connectivity index (χ3v) is 5.27. The molecular weight excluding hydrogens is 428 g/mol. The van der Waals surface area contributed by atoms with Gasteiger partial charge in [0.2, 0.25) is 11.9 Å². The summed E-state index contributed by atoms with van der Waals surface area (Å²) in [4.78, 5) is 31.0. The van der Waals surface area contributed by atoms with Gasteiger partial charge < -0.3 is 24.8 Å². The van der Waals surface area contributed by atoms with Gasteiger partial charge in [0, 0.05) is 26.8 Å². The van der Waals surface area contributed by atoms with Gasteiger partial charge in [0.15, 0.2) is 5.82 Å². The van der Waals surface area contributed by atoms with Crippen LogP contribution in [0.3, 0.4) is 0 Å². The molecule has 174 valence electrons. The van der Waals surface area contributed by atoms with Gasteiger partial charge >= 0.3 is 12.1 Å². The average molecular weight is 452 g/mol. The number of aromatic nitrogens is 2. The van der Waals surface area contributed by atoms with Crippen LogP contribution in [0.5, 0.6) is 0 Å². The lowest BCUT2D eigenvalue weighted by Crippen LogP contribution is -2.58. The van der Waals surface area contributed by atoms with Crippen LogP contribution in [0.25, 0.3) is 0 Å². The van der Waals surface area contributed by atoms with Gasteiger partial charge in [-0.15, -0.1) is 0 Å². The Hall–Kier alpha value is -2.54. The van der Waals surface area contributed by atoms with Crippen molar-refractivity contribution in [2.24, 2.45) is 5.41 Å². The predicted octanol–water partition coefficient (Wildman–Crippen LogP) is 1.39. The lowest BCUT2D eigenvalue weighted by atomic mass is 9.69. The monoisotopic (exact) mass is 452 g/mol. The molecule has 2 aliphatic rings. The number of hydrogen-bond acceptors (Lipinski definition) is 7. The number of carboxylic acid groups (broad SMARTS) is 1. The largest absolute Gasteiger partial charge is 0.490 e.